The van der Waals surface area contributed by atoms with Gasteiger partial charge in [-0.25, -0.2) is 0 Å². The minimum absolute atomic E-state index is 0.00631. The largest absolute Gasteiger partial charge is 0.496 e. The van der Waals surface area contributed by atoms with Gasteiger partial charge in [-0.1, -0.05) is 34.6 Å². The van der Waals surface area contributed by atoms with E-state index in [2.05, 4.69) is 20.8 Å². The molecule has 1 saturated heterocycles. The van der Waals surface area contributed by atoms with Crippen LogP contribution in [0.25, 0.3) is 0 Å². The Morgan fingerprint density at radius 2 is 1.65 bits per heavy atom. The number of benzene rings is 1. The number of amides is 2. The average Bonchev–Trinajstić information content (AvgIpc) is 2.85. The number of rotatable bonds is 3. The lowest BCUT2D eigenvalue weighted by Crippen LogP contribution is -2.39. The quantitative estimate of drug-likeness (QED) is 0.831. The summed E-state index contributed by atoms with van der Waals surface area (Å²) in [5, 5.41) is 0. The number of ether oxygens (including phenoxy) is 1. The van der Waals surface area contributed by atoms with Crippen LogP contribution in [-0.4, -0.2) is 54.9 Å². The number of carbonyl (C=O) groups is 2. The molecule has 1 aromatic carbocycles. The lowest BCUT2D eigenvalue weighted by atomic mass is 9.85. The normalized spacial score (nSPS) is 15.8. The molecule has 0 spiro atoms. The van der Waals surface area contributed by atoms with Gasteiger partial charge in [0.25, 0.3) is 5.91 Å². The highest BCUT2D eigenvalue weighted by Crippen LogP contribution is 2.32. The van der Waals surface area contributed by atoms with Crippen LogP contribution in [0.3, 0.4) is 0 Å². The zero-order valence-electron chi connectivity index (χ0n) is 17.0. The van der Waals surface area contributed by atoms with Crippen LogP contribution in [0.4, 0.5) is 0 Å². The van der Waals surface area contributed by atoms with E-state index in [1.165, 1.54) is 0 Å². The third-order valence-electron chi connectivity index (χ3n) is 4.84. The standard InChI is InChI=1S/C21H32N2O3/c1-15(2)19(24)22-10-7-11-23(13-12-22)20(25)16-8-9-18(26-6)17(14-16)21(3,4)5/h8-9,14-15H,7,10-13H2,1-6H3. The van der Waals surface area contributed by atoms with E-state index < -0.39 is 0 Å². The fraction of sp³-hybridized carbons (Fsp3) is 0.619. The van der Waals surface area contributed by atoms with E-state index in [1.807, 2.05) is 41.8 Å². The molecular formula is C21H32N2O3. The Hall–Kier alpha value is -2.04. The SMILES string of the molecule is COc1ccc(C(=O)N2CCCN(C(=O)C(C)C)CC2)cc1C(C)(C)C. The number of nitrogens with zero attached hydrogens (tertiary/aromatic N) is 2. The topological polar surface area (TPSA) is 49.9 Å². The monoisotopic (exact) mass is 360 g/mol. The Bertz CT molecular complexity index is 662. The van der Waals surface area contributed by atoms with Crippen molar-refractivity contribution in [2.75, 3.05) is 33.3 Å². The molecule has 0 aliphatic carbocycles. The molecule has 5 heteroatoms. The van der Waals surface area contributed by atoms with Gasteiger partial charge < -0.3 is 14.5 Å². The summed E-state index contributed by atoms with van der Waals surface area (Å²) in [7, 11) is 1.65. The van der Waals surface area contributed by atoms with Crippen LogP contribution in [0, 0.1) is 5.92 Å². The summed E-state index contributed by atoms with van der Waals surface area (Å²) in [6.07, 6.45) is 0.812. The molecule has 0 atom stereocenters. The van der Waals surface area contributed by atoms with Crippen LogP contribution < -0.4 is 4.74 Å². The zero-order chi connectivity index (χ0) is 19.5. The van der Waals surface area contributed by atoms with Gasteiger partial charge in [-0.3, -0.25) is 9.59 Å². The number of hydrogen-bond acceptors (Lipinski definition) is 3. The van der Waals surface area contributed by atoms with Crippen molar-refractivity contribution in [3.8, 4) is 5.75 Å². The first kappa shape index (κ1) is 20.3. The molecule has 1 heterocycles. The van der Waals surface area contributed by atoms with Crippen LogP contribution in [0.5, 0.6) is 5.75 Å². The molecule has 0 radical (unpaired) electrons. The van der Waals surface area contributed by atoms with Crippen LogP contribution >= 0.6 is 0 Å². The Labute approximate surface area is 157 Å². The minimum atomic E-state index is -0.110. The van der Waals surface area contributed by atoms with E-state index in [1.54, 1.807) is 7.11 Å². The van der Waals surface area contributed by atoms with E-state index in [9.17, 15) is 9.59 Å². The maximum Gasteiger partial charge on any atom is 0.253 e. The summed E-state index contributed by atoms with van der Waals surface area (Å²) in [5.74, 6) is 0.988. The number of methoxy groups -OCH3 is 1. The molecular weight excluding hydrogens is 328 g/mol. The molecule has 2 amide bonds. The van der Waals surface area contributed by atoms with Crippen molar-refractivity contribution >= 4 is 11.8 Å². The number of carbonyl (C=O) groups excluding carboxylic acids is 2. The van der Waals surface area contributed by atoms with Crippen molar-refractivity contribution in [3.05, 3.63) is 29.3 Å². The van der Waals surface area contributed by atoms with E-state index in [0.717, 1.165) is 24.3 Å². The van der Waals surface area contributed by atoms with E-state index >= 15 is 0 Å². The fourth-order valence-electron chi connectivity index (χ4n) is 3.32. The van der Waals surface area contributed by atoms with Gasteiger partial charge in [-0.05, 0) is 30.0 Å². The Balaban J connectivity index is 2.18. The Morgan fingerprint density at radius 3 is 2.23 bits per heavy atom. The van der Waals surface area contributed by atoms with E-state index in [-0.39, 0.29) is 23.1 Å². The van der Waals surface area contributed by atoms with Crippen LogP contribution in [0.1, 0.15) is 57.0 Å². The summed E-state index contributed by atoms with van der Waals surface area (Å²) in [6.45, 7) is 12.7. The highest BCUT2D eigenvalue weighted by atomic mass is 16.5. The maximum absolute atomic E-state index is 13.0. The molecule has 144 valence electrons. The third kappa shape index (κ3) is 4.57. The first-order valence-corrected chi connectivity index (χ1v) is 9.41. The summed E-state index contributed by atoms with van der Waals surface area (Å²) >= 11 is 0. The highest BCUT2D eigenvalue weighted by molar-refractivity contribution is 5.94. The maximum atomic E-state index is 13.0. The van der Waals surface area contributed by atoms with Crippen molar-refractivity contribution in [2.45, 2.75) is 46.5 Å². The molecule has 1 aromatic rings. The lowest BCUT2D eigenvalue weighted by molar-refractivity contribution is -0.134. The molecule has 5 nitrogen and oxygen atoms in total. The van der Waals surface area contributed by atoms with Crippen molar-refractivity contribution in [1.29, 1.82) is 0 Å². The average molecular weight is 360 g/mol. The van der Waals surface area contributed by atoms with Gasteiger partial charge >= 0.3 is 0 Å². The predicted octanol–water partition coefficient (Wildman–Crippen LogP) is 3.32. The second-order valence-electron chi connectivity index (χ2n) is 8.29. The van der Waals surface area contributed by atoms with Crippen LogP contribution in [-0.2, 0) is 10.2 Å². The van der Waals surface area contributed by atoms with Gasteiger partial charge in [-0.2, -0.15) is 0 Å². The molecule has 2 rings (SSSR count). The molecule has 0 bridgehead atoms. The van der Waals surface area contributed by atoms with Gasteiger partial charge in [0.2, 0.25) is 5.91 Å². The van der Waals surface area contributed by atoms with Crippen molar-refractivity contribution < 1.29 is 14.3 Å². The van der Waals surface area contributed by atoms with Gasteiger partial charge in [0.1, 0.15) is 5.75 Å². The molecule has 1 aliphatic rings. The summed E-state index contributed by atoms with van der Waals surface area (Å²) in [4.78, 5) is 29.0. The van der Waals surface area contributed by atoms with E-state index in [0.29, 0.717) is 25.2 Å². The summed E-state index contributed by atoms with van der Waals surface area (Å²) < 4.78 is 5.47. The Morgan fingerprint density at radius 1 is 1.04 bits per heavy atom. The second-order valence-corrected chi connectivity index (χ2v) is 8.29. The Kier molecular flexibility index (Phi) is 6.32. The molecule has 1 fully saturated rings. The van der Waals surface area contributed by atoms with Gasteiger partial charge in [0.05, 0.1) is 7.11 Å². The minimum Gasteiger partial charge on any atom is -0.496 e. The second kappa shape index (κ2) is 8.11. The zero-order valence-corrected chi connectivity index (χ0v) is 17.0. The smallest absolute Gasteiger partial charge is 0.253 e. The number of hydrogen-bond donors (Lipinski definition) is 0. The highest BCUT2D eigenvalue weighted by Gasteiger charge is 2.26. The van der Waals surface area contributed by atoms with Gasteiger partial charge in [0, 0.05) is 43.2 Å². The summed E-state index contributed by atoms with van der Waals surface area (Å²) in [6, 6.07) is 5.65. The fourth-order valence-corrected chi connectivity index (χ4v) is 3.32. The summed E-state index contributed by atoms with van der Waals surface area (Å²) in [5.41, 5.74) is 1.60. The molecule has 26 heavy (non-hydrogen) atoms. The predicted molar refractivity (Wildman–Crippen MR) is 104 cm³/mol. The molecule has 0 aromatic heterocycles. The van der Waals surface area contributed by atoms with Gasteiger partial charge in [0.15, 0.2) is 0 Å². The molecule has 0 saturated carbocycles. The first-order valence-electron chi connectivity index (χ1n) is 9.41. The van der Waals surface area contributed by atoms with Crippen molar-refractivity contribution in [2.24, 2.45) is 5.92 Å². The lowest BCUT2D eigenvalue weighted by Gasteiger charge is -2.25. The van der Waals surface area contributed by atoms with Crippen LogP contribution in [0.2, 0.25) is 0 Å². The van der Waals surface area contributed by atoms with E-state index in [4.69, 9.17) is 4.74 Å². The van der Waals surface area contributed by atoms with Crippen molar-refractivity contribution in [3.63, 3.8) is 0 Å². The third-order valence-corrected chi connectivity index (χ3v) is 4.84. The molecule has 0 N–H and O–H groups in total. The van der Waals surface area contributed by atoms with Gasteiger partial charge in [-0.15, -0.1) is 0 Å². The first-order chi connectivity index (χ1) is 12.1. The molecule has 1 aliphatic heterocycles. The molecule has 0 unspecified atom stereocenters. The van der Waals surface area contributed by atoms with Crippen molar-refractivity contribution in [1.82, 2.24) is 9.80 Å². The van der Waals surface area contributed by atoms with Crippen LogP contribution in [0.15, 0.2) is 18.2 Å².